The maximum atomic E-state index is 11.3. The molecule has 49 heavy (non-hydrogen) atoms. The van der Waals surface area contributed by atoms with Crippen LogP contribution in [0.2, 0.25) is 0 Å². The van der Waals surface area contributed by atoms with Gasteiger partial charge in [0.25, 0.3) is 0 Å². The molecule has 4 N–H and O–H groups in total. The molecule has 8 heteroatoms. The van der Waals surface area contributed by atoms with Gasteiger partial charge in [-0.3, -0.25) is 9.98 Å². The van der Waals surface area contributed by atoms with Crippen LogP contribution in [0.4, 0.5) is 4.79 Å². The quantitative estimate of drug-likeness (QED) is 0.136. The average molecular weight is 725 g/mol. The van der Waals surface area contributed by atoms with E-state index in [0.29, 0.717) is 11.5 Å². The monoisotopic (exact) mass is 724 g/mol. The summed E-state index contributed by atoms with van der Waals surface area (Å²) in [5.74, 6) is 0.654. The van der Waals surface area contributed by atoms with Crippen LogP contribution in [0.25, 0.3) is 0 Å². The van der Waals surface area contributed by atoms with Crippen LogP contribution in [0.3, 0.4) is 0 Å². The number of nitrogens with zero attached hydrogens (tertiary/aromatic N) is 2. The fourth-order valence-electron chi connectivity index (χ4n) is 6.35. The van der Waals surface area contributed by atoms with Crippen molar-refractivity contribution in [3.05, 3.63) is 65.1 Å². The number of aliphatic imine (C=N–C) groups is 2. The molecule has 2 unspecified atom stereocenters. The minimum absolute atomic E-state index is 0. The van der Waals surface area contributed by atoms with E-state index < -0.39 is 6.16 Å². The maximum absolute atomic E-state index is 11.3. The van der Waals surface area contributed by atoms with E-state index in [9.17, 15) is 10.2 Å². The molecule has 2 aromatic rings. The Morgan fingerprint density at radius 2 is 1.18 bits per heavy atom. The van der Waals surface area contributed by atoms with Gasteiger partial charge in [0.1, 0.15) is 11.5 Å². The second kappa shape index (κ2) is 20.1. The molecule has 0 aliphatic heterocycles. The Kier molecular flexibility index (Phi) is 18.9. The zero-order valence-corrected chi connectivity index (χ0v) is 33.2. The van der Waals surface area contributed by atoms with Crippen LogP contribution in [0.1, 0.15) is 160 Å². The third kappa shape index (κ3) is 13.8. The van der Waals surface area contributed by atoms with Gasteiger partial charge in [0.05, 0.1) is 12.1 Å². The third-order valence-electron chi connectivity index (χ3n) is 9.51. The predicted molar refractivity (Wildman–Crippen MR) is 203 cm³/mol. The van der Waals surface area contributed by atoms with E-state index >= 15 is 0 Å². The summed E-state index contributed by atoms with van der Waals surface area (Å²) in [5, 5.41) is 36.3. The Bertz CT molecular complexity index is 1380. The molecule has 0 saturated heterocycles. The van der Waals surface area contributed by atoms with Gasteiger partial charge in [0.15, 0.2) is 0 Å². The van der Waals surface area contributed by atoms with Crippen molar-refractivity contribution in [2.45, 2.75) is 162 Å². The summed E-state index contributed by atoms with van der Waals surface area (Å²) in [7, 11) is 0. The number of carboxylic acid groups (broad SMARTS) is 2. The molecule has 0 heterocycles. The van der Waals surface area contributed by atoms with E-state index in [1.807, 2.05) is 19.4 Å². The number of phenolic OH excluding ortho intramolecular Hbond substituents is 2. The van der Waals surface area contributed by atoms with E-state index in [0.717, 1.165) is 60.8 Å². The summed E-state index contributed by atoms with van der Waals surface area (Å²) in [5.41, 5.74) is 5.86. The molecule has 7 nitrogen and oxygen atoms in total. The first-order valence-electron chi connectivity index (χ1n) is 17.5. The molecule has 0 amide bonds. The summed E-state index contributed by atoms with van der Waals surface area (Å²) in [6.07, 6.45) is 13.3. The van der Waals surface area contributed by atoms with Crippen molar-refractivity contribution in [1.82, 2.24) is 0 Å². The van der Waals surface area contributed by atoms with Crippen molar-refractivity contribution in [2.24, 2.45) is 9.98 Å². The van der Waals surface area contributed by atoms with Crippen molar-refractivity contribution < 1.29 is 42.0 Å². The van der Waals surface area contributed by atoms with Gasteiger partial charge in [-0.25, -0.2) is 4.79 Å². The van der Waals surface area contributed by atoms with Crippen LogP contribution in [-0.4, -0.2) is 51.1 Å². The molecule has 1 saturated carbocycles. The first-order valence-corrected chi connectivity index (χ1v) is 17.5. The Hall–Kier alpha value is -2.84. The number of hydrogen-bond acceptors (Lipinski definition) is 5. The third-order valence-corrected chi connectivity index (χ3v) is 9.51. The molecule has 3 rings (SSSR count). The van der Waals surface area contributed by atoms with E-state index in [1.54, 1.807) is 0 Å². The summed E-state index contributed by atoms with van der Waals surface area (Å²) < 4.78 is 0. The maximum Gasteiger partial charge on any atom is 0.503 e. The van der Waals surface area contributed by atoms with E-state index in [4.69, 9.17) is 25.0 Å². The fraction of sp³-hybridized carbons (Fsp3) is 0.610. The van der Waals surface area contributed by atoms with Crippen molar-refractivity contribution in [3.8, 4) is 11.5 Å². The second-order valence-electron chi connectivity index (χ2n) is 15.7. The molecule has 1 fully saturated rings. The summed E-state index contributed by atoms with van der Waals surface area (Å²) in [6, 6.07) is 8.72. The molecular formula is C41H65CoN2O5-. The number of rotatable bonds is 11. The largest absolute Gasteiger partial charge is 0.507 e. The Morgan fingerprint density at radius 1 is 0.755 bits per heavy atom. The Labute approximate surface area is 308 Å². The first-order chi connectivity index (χ1) is 21.8. The standard InChI is InChI=1S/C39H60N2O2.CH2O3.CH3.Co/c1-11-13-19-39(10,20-14-12-2)31-21-27(3)35(42)28(23-31)25-40-33-17-15-16-18-34(33)41-26-29-22-30(37(4,5)6)24-32(36(29)43)38(7,8)9;2-1(3)4;;/h21-26,33-34,42-43H,11-20H2,1-10H3;(H2,2,3,4);1H3;/q;;-1;. The van der Waals surface area contributed by atoms with Crippen molar-refractivity contribution in [1.29, 1.82) is 0 Å². The molecular weight excluding hydrogens is 659 g/mol. The van der Waals surface area contributed by atoms with E-state index in [-0.39, 0.29) is 52.5 Å². The van der Waals surface area contributed by atoms with Gasteiger partial charge in [-0.2, -0.15) is 0 Å². The topological polar surface area (TPSA) is 123 Å². The number of carbonyl (C=O) groups is 1. The van der Waals surface area contributed by atoms with Gasteiger partial charge >= 0.3 is 6.16 Å². The van der Waals surface area contributed by atoms with Crippen LogP contribution in [0.15, 0.2) is 34.3 Å². The zero-order valence-electron chi connectivity index (χ0n) is 32.1. The van der Waals surface area contributed by atoms with E-state index in [1.165, 1.54) is 36.8 Å². The smallest absolute Gasteiger partial charge is 0.503 e. The van der Waals surface area contributed by atoms with Gasteiger partial charge in [-0.1, -0.05) is 113 Å². The van der Waals surface area contributed by atoms with Gasteiger partial charge < -0.3 is 27.9 Å². The van der Waals surface area contributed by atoms with Crippen LogP contribution < -0.4 is 0 Å². The van der Waals surface area contributed by atoms with Gasteiger partial charge in [-0.05, 0) is 77.7 Å². The fourth-order valence-corrected chi connectivity index (χ4v) is 6.35. The SMILES string of the molecule is CCCCC(C)(CCCC)c1cc(C)c(O)c(C=NC2CCCCC2N=Cc2cc(C(C)(C)C)cc(C(C)(C)C)c2O)c1.O=C(O)O.[CH3-].[Co]. The molecule has 0 spiro atoms. The number of hydrogen-bond donors (Lipinski definition) is 4. The van der Waals surface area contributed by atoms with Gasteiger partial charge in [-0.15, -0.1) is 0 Å². The van der Waals surface area contributed by atoms with Crippen LogP contribution >= 0.6 is 0 Å². The average Bonchev–Trinajstić information content (AvgIpc) is 2.98. The Morgan fingerprint density at radius 3 is 1.59 bits per heavy atom. The summed E-state index contributed by atoms with van der Waals surface area (Å²) >= 11 is 0. The van der Waals surface area contributed by atoms with Crippen LogP contribution in [0, 0.1) is 14.4 Å². The predicted octanol–water partition coefficient (Wildman–Crippen LogP) is 11.2. The minimum atomic E-state index is -1.83. The normalized spacial score (nSPS) is 16.9. The number of benzene rings is 2. The molecule has 2 aromatic carbocycles. The number of aromatic hydroxyl groups is 2. The van der Waals surface area contributed by atoms with Crippen molar-refractivity contribution >= 4 is 18.6 Å². The summed E-state index contributed by atoms with van der Waals surface area (Å²) in [6.45, 7) is 22.0. The molecule has 0 bridgehead atoms. The number of phenols is 2. The number of aryl methyl sites for hydroxylation is 1. The molecule has 2 atom stereocenters. The van der Waals surface area contributed by atoms with Gasteiger partial charge in [0.2, 0.25) is 0 Å². The van der Waals surface area contributed by atoms with Crippen molar-refractivity contribution in [2.75, 3.05) is 0 Å². The first kappa shape index (κ1) is 46.2. The summed E-state index contributed by atoms with van der Waals surface area (Å²) in [4.78, 5) is 18.7. The minimum Gasteiger partial charge on any atom is -0.507 e. The molecule has 279 valence electrons. The van der Waals surface area contributed by atoms with Crippen molar-refractivity contribution in [3.63, 3.8) is 0 Å². The molecule has 0 aromatic heterocycles. The number of unbranched alkanes of at least 4 members (excludes halogenated alkanes) is 2. The van der Waals surface area contributed by atoms with Crippen LogP contribution in [-0.2, 0) is 33.0 Å². The Balaban J connectivity index is 0.00000363. The van der Waals surface area contributed by atoms with E-state index in [2.05, 4.69) is 86.6 Å². The molecule has 1 radical (unpaired) electrons. The second-order valence-corrected chi connectivity index (χ2v) is 15.7. The van der Waals surface area contributed by atoms with Gasteiger partial charge in [0, 0.05) is 45.9 Å². The van der Waals surface area contributed by atoms with Crippen LogP contribution in [0.5, 0.6) is 11.5 Å². The molecule has 1 aliphatic carbocycles. The zero-order chi connectivity index (χ0) is 35.6. The molecule has 1 aliphatic rings.